The van der Waals surface area contributed by atoms with Gasteiger partial charge in [0.15, 0.2) is 0 Å². The van der Waals surface area contributed by atoms with E-state index in [4.69, 9.17) is 10.5 Å². The van der Waals surface area contributed by atoms with Crippen molar-refractivity contribution in [2.45, 2.75) is 89.9 Å². The predicted octanol–water partition coefficient (Wildman–Crippen LogP) is 2.95. The lowest BCUT2D eigenvalue weighted by Gasteiger charge is -2.47. The van der Waals surface area contributed by atoms with Gasteiger partial charge in [-0.25, -0.2) is 4.79 Å². The van der Waals surface area contributed by atoms with Gasteiger partial charge in [-0.3, -0.25) is 0 Å². The van der Waals surface area contributed by atoms with Gasteiger partial charge in [-0.05, 0) is 90.0 Å². The van der Waals surface area contributed by atoms with E-state index in [1.165, 1.54) is 0 Å². The number of aliphatic hydroxyl groups excluding tert-OH is 1. The summed E-state index contributed by atoms with van der Waals surface area (Å²) >= 11 is 0. The van der Waals surface area contributed by atoms with Gasteiger partial charge in [0.2, 0.25) is 0 Å². The highest BCUT2D eigenvalue weighted by molar-refractivity contribution is 5.68. The number of carbonyl (C=O) groups is 1. The fraction of sp³-hybridized carbons (Fsp3) is 0.944. The third-order valence-corrected chi connectivity index (χ3v) is 5.67. The molecule has 0 aromatic rings. The molecule has 1 amide bonds. The van der Waals surface area contributed by atoms with Crippen molar-refractivity contribution in [2.75, 3.05) is 6.54 Å². The van der Waals surface area contributed by atoms with Crippen LogP contribution in [0, 0.1) is 11.3 Å². The molecule has 2 aliphatic rings. The summed E-state index contributed by atoms with van der Waals surface area (Å²) in [7, 11) is 0. The van der Waals surface area contributed by atoms with Crippen molar-refractivity contribution in [1.29, 1.82) is 0 Å². The molecule has 0 aromatic carbocycles. The second kappa shape index (κ2) is 7.39. The molecule has 2 saturated carbocycles. The van der Waals surface area contributed by atoms with Crippen molar-refractivity contribution in [2.24, 2.45) is 17.1 Å². The minimum atomic E-state index is -0.451. The van der Waals surface area contributed by atoms with Crippen LogP contribution in [0.15, 0.2) is 0 Å². The Morgan fingerprint density at radius 3 is 2.22 bits per heavy atom. The van der Waals surface area contributed by atoms with Gasteiger partial charge < -0.3 is 20.9 Å². The van der Waals surface area contributed by atoms with E-state index in [1.54, 1.807) is 0 Å². The lowest BCUT2D eigenvalue weighted by Crippen LogP contribution is -2.46. The molecule has 0 atom stereocenters. The first-order valence-electron chi connectivity index (χ1n) is 9.12. The zero-order valence-corrected chi connectivity index (χ0v) is 14.9. The number of ether oxygens (including phenoxy) is 1. The molecular formula is C18H34N2O3. The van der Waals surface area contributed by atoms with Gasteiger partial charge in [-0.15, -0.1) is 0 Å². The number of amides is 1. The summed E-state index contributed by atoms with van der Waals surface area (Å²) in [5.74, 6) is 0.622. The molecule has 0 saturated heterocycles. The van der Waals surface area contributed by atoms with E-state index in [9.17, 15) is 9.90 Å². The van der Waals surface area contributed by atoms with Crippen molar-refractivity contribution in [3.8, 4) is 0 Å². The predicted molar refractivity (Wildman–Crippen MR) is 91.1 cm³/mol. The highest BCUT2D eigenvalue weighted by Gasteiger charge is 2.42. The first-order chi connectivity index (χ1) is 10.7. The third kappa shape index (κ3) is 5.08. The average Bonchev–Trinajstić information content (AvgIpc) is 2.47. The van der Waals surface area contributed by atoms with E-state index in [2.05, 4.69) is 5.32 Å². The Balaban J connectivity index is 1.82. The van der Waals surface area contributed by atoms with E-state index in [0.29, 0.717) is 12.5 Å². The van der Waals surface area contributed by atoms with Gasteiger partial charge in [0.1, 0.15) is 5.60 Å². The second-order valence-corrected chi connectivity index (χ2v) is 8.49. The number of nitrogens with one attached hydrogen (secondary N) is 1. The molecule has 0 heterocycles. The maximum atomic E-state index is 11.9. The summed E-state index contributed by atoms with van der Waals surface area (Å²) in [6.07, 6.45) is 7.60. The van der Waals surface area contributed by atoms with Crippen LogP contribution in [0.4, 0.5) is 4.79 Å². The van der Waals surface area contributed by atoms with Crippen LogP contribution in [-0.2, 0) is 4.74 Å². The number of nitrogens with two attached hydrogens (primary N) is 1. The van der Waals surface area contributed by atoms with Gasteiger partial charge >= 0.3 is 6.09 Å². The molecule has 0 aromatic heterocycles. The van der Waals surface area contributed by atoms with Gasteiger partial charge in [0.25, 0.3) is 0 Å². The van der Waals surface area contributed by atoms with E-state index in [0.717, 1.165) is 51.4 Å². The maximum Gasteiger partial charge on any atom is 0.407 e. The number of hydrogen-bond donors (Lipinski definition) is 3. The highest BCUT2D eigenvalue weighted by Crippen LogP contribution is 2.47. The number of hydrogen-bond acceptors (Lipinski definition) is 4. The van der Waals surface area contributed by atoms with Gasteiger partial charge in [0.05, 0.1) is 6.10 Å². The summed E-state index contributed by atoms with van der Waals surface area (Å²) in [6, 6.07) is 0.213. The Morgan fingerprint density at radius 1 is 1.17 bits per heavy atom. The zero-order chi connectivity index (χ0) is 17.1. The Hall–Kier alpha value is -0.810. The molecule has 2 aliphatic carbocycles. The first kappa shape index (κ1) is 18.5. The zero-order valence-electron chi connectivity index (χ0n) is 14.9. The van der Waals surface area contributed by atoms with Crippen molar-refractivity contribution in [3.63, 3.8) is 0 Å². The lowest BCUT2D eigenvalue weighted by molar-refractivity contribution is 0.0118. The molecule has 2 rings (SSSR count). The topological polar surface area (TPSA) is 84.6 Å². The standard InChI is InChI=1S/C18H34N2O3/c1-17(2,3)23-16(22)20-14-6-4-13(5-7-14)18(12-19)10-8-15(21)9-11-18/h13-15,21H,4-12,19H2,1-3H3,(H,20,22). The van der Waals surface area contributed by atoms with Crippen LogP contribution in [0.1, 0.15) is 72.1 Å². The van der Waals surface area contributed by atoms with E-state index < -0.39 is 5.60 Å². The summed E-state index contributed by atoms with van der Waals surface area (Å²) in [4.78, 5) is 11.9. The monoisotopic (exact) mass is 326 g/mol. The fourth-order valence-electron chi connectivity index (χ4n) is 4.28. The van der Waals surface area contributed by atoms with Crippen molar-refractivity contribution in [1.82, 2.24) is 5.32 Å². The molecule has 0 aliphatic heterocycles. The minimum Gasteiger partial charge on any atom is -0.444 e. The number of alkyl carbamates (subject to hydrolysis) is 1. The van der Waals surface area contributed by atoms with Crippen molar-refractivity contribution < 1.29 is 14.6 Å². The van der Waals surface area contributed by atoms with Crippen LogP contribution in [0.25, 0.3) is 0 Å². The summed E-state index contributed by atoms with van der Waals surface area (Å²) < 4.78 is 5.34. The number of carbonyl (C=O) groups excluding carboxylic acids is 1. The largest absolute Gasteiger partial charge is 0.444 e. The molecule has 23 heavy (non-hydrogen) atoms. The highest BCUT2D eigenvalue weighted by atomic mass is 16.6. The minimum absolute atomic E-state index is 0.139. The van der Waals surface area contributed by atoms with Gasteiger partial charge in [-0.2, -0.15) is 0 Å². The maximum absolute atomic E-state index is 11.9. The number of rotatable bonds is 3. The third-order valence-electron chi connectivity index (χ3n) is 5.67. The fourth-order valence-corrected chi connectivity index (χ4v) is 4.28. The quantitative estimate of drug-likeness (QED) is 0.744. The summed E-state index contributed by atoms with van der Waals surface area (Å²) in [5, 5.41) is 12.8. The normalized spacial score (nSPS) is 35.6. The van der Waals surface area contributed by atoms with E-state index in [-0.39, 0.29) is 23.7 Å². The van der Waals surface area contributed by atoms with Crippen LogP contribution in [0.5, 0.6) is 0 Å². The Labute approximate surface area is 140 Å². The molecule has 4 N–H and O–H groups in total. The van der Waals surface area contributed by atoms with Gasteiger partial charge in [0, 0.05) is 6.04 Å². The van der Waals surface area contributed by atoms with Crippen LogP contribution in [-0.4, -0.2) is 35.5 Å². The summed E-state index contributed by atoms with van der Waals surface area (Å²) in [6.45, 7) is 6.36. The molecular weight excluding hydrogens is 292 g/mol. The first-order valence-corrected chi connectivity index (χ1v) is 9.12. The van der Waals surface area contributed by atoms with Crippen LogP contribution >= 0.6 is 0 Å². The molecule has 0 radical (unpaired) electrons. The van der Waals surface area contributed by atoms with E-state index in [1.807, 2.05) is 20.8 Å². The second-order valence-electron chi connectivity index (χ2n) is 8.49. The van der Waals surface area contributed by atoms with E-state index >= 15 is 0 Å². The number of aliphatic hydroxyl groups is 1. The van der Waals surface area contributed by atoms with Crippen molar-refractivity contribution >= 4 is 6.09 Å². The Morgan fingerprint density at radius 2 is 1.74 bits per heavy atom. The van der Waals surface area contributed by atoms with Crippen molar-refractivity contribution in [3.05, 3.63) is 0 Å². The van der Waals surface area contributed by atoms with Gasteiger partial charge in [-0.1, -0.05) is 0 Å². The Bertz CT molecular complexity index is 390. The average molecular weight is 326 g/mol. The SMILES string of the molecule is CC(C)(C)OC(=O)NC1CCC(C2(CN)CCC(O)CC2)CC1. The molecule has 0 unspecified atom stereocenters. The molecule has 2 fully saturated rings. The van der Waals surface area contributed by atoms with Crippen LogP contribution in [0.3, 0.4) is 0 Å². The molecule has 5 nitrogen and oxygen atoms in total. The lowest BCUT2D eigenvalue weighted by atomic mass is 9.61. The van der Waals surface area contributed by atoms with Crippen LogP contribution < -0.4 is 11.1 Å². The Kier molecular flexibility index (Phi) is 5.95. The molecule has 0 bridgehead atoms. The smallest absolute Gasteiger partial charge is 0.407 e. The molecule has 134 valence electrons. The molecule has 5 heteroatoms. The summed E-state index contributed by atoms with van der Waals surface area (Å²) in [5.41, 5.74) is 5.88. The van der Waals surface area contributed by atoms with Crippen LogP contribution in [0.2, 0.25) is 0 Å². The molecule has 0 spiro atoms.